The van der Waals surface area contributed by atoms with Gasteiger partial charge < -0.3 is 5.32 Å². The summed E-state index contributed by atoms with van der Waals surface area (Å²) in [6.07, 6.45) is 0. The Labute approximate surface area is 56.5 Å². The van der Waals surface area contributed by atoms with E-state index in [1.165, 1.54) is 11.3 Å². The molecule has 0 atom stereocenters. The predicted octanol–water partition coefficient (Wildman–Crippen LogP) is 1.56. The molecule has 0 spiro atoms. The fraction of sp³-hybridized carbons (Fsp3) is 0. The Hall–Kier alpha value is -1.03. The van der Waals surface area contributed by atoms with Gasteiger partial charge in [-0.2, -0.15) is 11.3 Å². The Bertz CT molecular complexity index is 195. The molecule has 0 aliphatic carbocycles. The number of anilines is 1. The van der Waals surface area contributed by atoms with Gasteiger partial charge in [-0.25, -0.2) is 10.5 Å². The van der Waals surface area contributed by atoms with Crippen molar-refractivity contribution in [3.63, 3.8) is 0 Å². The van der Waals surface area contributed by atoms with Crippen LogP contribution in [0.1, 0.15) is 0 Å². The first-order valence-corrected chi connectivity index (χ1v) is 3.28. The molecule has 0 saturated heterocycles. The van der Waals surface area contributed by atoms with Gasteiger partial charge >= 0.3 is 6.03 Å². The standard InChI is InChI=1S/C5H5N2OS/c6-5(8)7-4-1-2-9-3-4/h1-3,6H,(H,7,8). The molecule has 3 nitrogen and oxygen atoms in total. The number of amides is 2. The van der Waals surface area contributed by atoms with E-state index in [0.717, 1.165) is 0 Å². The van der Waals surface area contributed by atoms with Crippen LogP contribution in [0.4, 0.5) is 10.5 Å². The lowest BCUT2D eigenvalue weighted by molar-refractivity contribution is 0.258. The molecular formula is C5H5N2OS. The van der Waals surface area contributed by atoms with Gasteiger partial charge in [-0.3, -0.25) is 0 Å². The fourth-order valence-electron chi connectivity index (χ4n) is 0.467. The number of carbonyl (C=O) groups excluding carboxylic acids is 1. The number of hydrogen-bond acceptors (Lipinski definition) is 2. The number of nitrogens with one attached hydrogen (secondary N) is 2. The molecule has 0 aromatic carbocycles. The van der Waals surface area contributed by atoms with Crippen LogP contribution in [0.3, 0.4) is 0 Å². The van der Waals surface area contributed by atoms with E-state index >= 15 is 0 Å². The Morgan fingerprint density at radius 1 is 1.78 bits per heavy atom. The van der Waals surface area contributed by atoms with Crippen LogP contribution in [0.5, 0.6) is 0 Å². The third-order valence-electron chi connectivity index (χ3n) is 0.779. The molecule has 2 amide bonds. The average Bonchev–Trinajstić information content (AvgIpc) is 2.15. The fourth-order valence-corrected chi connectivity index (χ4v) is 1.05. The van der Waals surface area contributed by atoms with Crippen molar-refractivity contribution in [2.75, 3.05) is 5.32 Å². The maximum absolute atomic E-state index is 10.1. The molecule has 1 aromatic heterocycles. The lowest BCUT2D eigenvalue weighted by Gasteiger charge is -1.91. The molecule has 0 unspecified atom stereocenters. The number of carbonyl (C=O) groups is 1. The highest BCUT2D eigenvalue weighted by Gasteiger charge is 1.93. The van der Waals surface area contributed by atoms with Crippen LogP contribution in [-0.2, 0) is 0 Å². The second-order valence-corrected chi connectivity index (χ2v) is 2.25. The van der Waals surface area contributed by atoms with E-state index < -0.39 is 6.03 Å². The minimum absolute atomic E-state index is 0.694. The first-order valence-electron chi connectivity index (χ1n) is 2.34. The smallest absolute Gasteiger partial charge is 0.306 e. The quantitative estimate of drug-likeness (QED) is 0.634. The van der Waals surface area contributed by atoms with Crippen LogP contribution in [0.25, 0.3) is 0 Å². The van der Waals surface area contributed by atoms with Gasteiger partial charge in [0.05, 0.1) is 5.69 Å². The minimum atomic E-state index is -0.770. The van der Waals surface area contributed by atoms with Crippen LogP contribution in [0.2, 0.25) is 0 Å². The van der Waals surface area contributed by atoms with Gasteiger partial charge in [0.1, 0.15) is 0 Å². The molecule has 1 aromatic rings. The summed E-state index contributed by atoms with van der Waals surface area (Å²) in [6.45, 7) is 0. The number of urea groups is 1. The summed E-state index contributed by atoms with van der Waals surface area (Å²) in [5.41, 5.74) is 7.20. The highest BCUT2D eigenvalue weighted by molar-refractivity contribution is 7.08. The molecule has 1 heterocycles. The Morgan fingerprint density at radius 3 is 3.00 bits per heavy atom. The Morgan fingerprint density at radius 2 is 2.56 bits per heavy atom. The monoisotopic (exact) mass is 141 g/mol. The van der Waals surface area contributed by atoms with E-state index in [4.69, 9.17) is 5.73 Å². The molecule has 0 aliphatic heterocycles. The van der Waals surface area contributed by atoms with Crippen molar-refractivity contribution in [1.82, 2.24) is 5.73 Å². The summed E-state index contributed by atoms with van der Waals surface area (Å²) in [5.74, 6) is 0. The molecule has 1 radical (unpaired) electrons. The van der Waals surface area contributed by atoms with Crippen molar-refractivity contribution in [2.45, 2.75) is 0 Å². The third kappa shape index (κ3) is 1.73. The van der Waals surface area contributed by atoms with Crippen LogP contribution in [0.15, 0.2) is 16.8 Å². The van der Waals surface area contributed by atoms with E-state index in [1.807, 2.05) is 5.38 Å². The first kappa shape index (κ1) is 6.10. The zero-order valence-electron chi connectivity index (χ0n) is 4.55. The van der Waals surface area contributed by atoms with E-state index in [0.29, 0.717) is 5.69 Å². The van der Waals surface area contributed by atoms with Gasteiger partial charge in [-0.15, -0.1) is 0 Å². The number of rotatable bonds is 1. The summed E-state index contributed by atoms with van der Waals surface area (Å²) in [5, 5.41) is 5.93. The first-order chi connectivity index (χ1) is 4.29. The molecule has 0 bridgehead atoms. The van der Waals surface area contributed by atoms with Gasteiger partial charge in [0.15, 0.2) is 0 Å². The average molecular weight is 141 g/mol. The second kappa shape index (κ2) is 2.50. The highest BCUT2D eigenvalue weighted by atomic mass is 32.1. The highest BCUT2D eigenvalue weighted by Crippen LogP contribution is 2.10. The van der Waals surface area contributed by atoms with Gasteiger partial charge in [0, 0.05) is 5.38 Å². The summed E-state index contributed by atoms with van der Waals surface area (Å²) in [7, 11) is 0. The number of hydrogen-bond donors (Lipinski definition) is 1. The van der Waals surface area contributed by atoms with Crippen molar-refractivity contribution in [2.24, 2.45) is 0 Å². The van der Waals surface area contributed by atoms with Crippen molar-refractivity contribution in [3.05, 3.63) is 16.8 Å². The lowest BCUT2D eigenvalue weighted by Crippen LogP contribution is -2.07. The second-order valence-electron chi connectivity index (χ2n) is 1.47. The van der Waals surface area contributed by atoms with Crippen molar-refractivity contribution in [3.8, 4) is 0 Å². The largest absolute Gasteiger partial charge is 0.338 e. The lowest BCUT2D eigenvalue weighted by atomic mass is 10.5. The molecule has 0 aliphatic rings. The van der Waals surface area contributed by atoms with Crippen molar-refractivity contribution in [1.29, 1.82) is 0 Å². The third-order valence-corrected chi connectivity index (χ3v) is 1.46. The van der Waals surface area contributed by atoms with Gasteiger partial charge in [-0.1, -0.05) is 0 Å². The molecule has 0 saturated carbocycles. The molecule has 0 fully saturated rings. The normalized spacial score (nSPS) is 8.89. The minimum Gasteiger partial charge on any atom is -0.306 e. The topological polar surface area (TPSA) is 52.9 Å². The van der Waals surface area contributed by atoms with E-state index in [1.54, 1.807) is 11.4 Å². The van der Waals surface area contributed by atoms with Crippen LogP contribution >= 0.6 is 11.3 Å². The molecule has 47 valence electrons. The molecule has 4 heteroatoms. The van der Waals surface area contributed by atoms with E-state index in [9.17, 15) is 4.79 Å². The maximum atomic E-state index is 10.1. The van der Waals surface area contributed by atoms with Crippen molar-refractivity contribution < 1.29 is 4.79 Å². The summed E-state index contributed by atoms with van der Waals surface area (Å²) in [4.78, 5) is 10.1. The Balaban J connectivity index is 2.58. The SMILES string of the molecule is [NH]C(=O)Nc1ccsc1. The Kier molecular flexibility index (Phi) is 1.69. The predicted molar refractivity (Wildman–Crippen MR) is 36.4 cm³/mol. The van der Waals surface area contributed by atoms with Gasteiger partial charge in [0.25, 0.3) is 0 Å². The van der Waals surface area contributed by atoms with Crippen LogP contribution in [-0.4, -0.2) is 6.03 Å². The summed E-state index contributed by atoms with van der Waals surface area (Å²) < 4.78 is 0. The van der Waals surface area contributed by atoms with Crippen molar-refractivity contribution >= 4 is 23.1 Å². The molecule has 9 heavy (non-hydrogen) atoms. The van der Waals surface area contributed by atoms with Crippen LogP contribution in [0, 0.1) is 0 Å². The van der Waals surface area contributed by atoms with Crippen LogP contribution < -0.4 is 11.1 Å². The molecule has 2 N–H and O–H groups in total. The zero-order valence-corrected chi connectivity index (χ0v) is 5.37. The molecular weight excluding hydrogens is 136 g/mol. The van der Waals surface area contributed by atoms with Gasteiger partial charge in [0.2, 0.25) is 0 Å². The zero-order chi connectivity index (χ0) is 6.69. The van der Waals surface area contributed by atoms with E-state index in [2.05, 4.69) is 5.32 Å². The number of thiophene rings is 1. The molecule has 1 rings (SSSR count). The van der Waals surface area contributed by atoms with Gasteiger partial charge in [-0.05, 0) is 11.4 Å². The van der Waals surface area contributed by atoms with E-state index in [-0.39, 0.29) is 0 Å². The summed E-state index contributed by atoms with van der Waals surface area (Å²) in [6, 6.07) is 0.977. The summed E-state index contributed by atoms with van der Waals surface area (Å²) >= 11 is 1.48. The maximum Gasteiger partial charge on any atom is 0.338 e.